The van der Waals surface area contributed by atoms with Crippen LogP contribution in [0.1, 0.15) is 23.7 Å². The second-order valence-corrected chi connectivity index (χ2v) is 8.18. The van der Waals surface area contributed by atoms with Crippen molar-refractivity contribution in [1.29, 1.82) is 0 Å². The molecule has 1 aliphatic heterocycles. The van der Waals surface area contributed by atoms with E-state index < -0.39 is 0 Å². The molecule has 0 bridgehead atoms. The maximum atomic E-state index is 15.5. The van der Waals surface area contributed by atoms with E-state index in [-0.39, 0.29) is 24.3 Å². The van der Waals surface area contributed by atoms with Crippen molar-refractivity contribution in [2.45, 2.75) is 19.9 Å². The molecule has 0 aliphatic carbocycles. The van der Waals surface area contributed by atoms with Crippen LogP contribution in [0.25, 0.3) is 11.1 Å². The van der Waals surface area contributed by atoms with Gasteiger partial charge in [0.15, 0.2) is 0 Å². The summed E-state index contributed by atoms with van der Waals surface area (Å²) >= 11 is 6.11. The minimum Gasteiger partial charge on any atom is -0.496 e. The Bertz CT molecular complexity index is 1130. The fourth-order valence-corrected chi connectivity index (χ4v) is 4.15. The number of amides is 2. The lowest BCUT2D eigenvalue weighted by Crippen LogP contribution is -2.31. The molecule has 0 atom stereocenters. The number of urea groups is 1. The topological polar surface area (TPSA) is 45.7 Å². The minimum absolute atomic E-state index is 0. The van der Waals surface area contributed by atoms with Crippen LogP contribution in [0.2, 0.25) is 5.02 Å². The first-order chi connectivity index (χ1) is 15.5. The molecule has 2 amide bonds. The predicted molar refractivity (Wildman–Crippen MR) is 131 cm³/mol. The van der Waals surface area contributed by atoms with E-state index in [1.165, 1.54) is 7.11 Å². The van der Waals surface area contributed by atoms with E-state index in [1.54, 1.807) is 41.4 Å². The number of pyridine rings is 1. The zero-order chi connectivity index (χ0) is 22.7. The standard InChI is InChI=1S/C25H25ClFN3O2.ClH/c1-3-29-11-12-30(25(29)31)16-21-9-7-17(15-28-21)13-19-8-10-22(32-2)23(24(19)27)18-5-4-6-20(26)14-18;/h4-10,14-15H,3,11-13,16H2,1-2H3;1H. The summed E-state index contributed by atoms with van der Waals surface area (Å²) in [7, 11) is 1.52. The smallest absolute Gasteiger partial charge is 0.320 e. The molecule has 4 rings (SSSR count). The van der Waals surface area contributed by atoms with Crippen molar-refractivity contribution in [1.82, 2.24) is 14.8 Å². The molecule has 1 fully saturated rings. The first kappa shape index (κ1) is 24.8. The number of rotatable bonds is 7. The predicted octanol–water partition coefficient (Wildman–Crippen LogP) is 5.82. The van der Waals surface area contributed by atoms with Gasteiger partial charge in [0.2, 0.25) is 0 Å². The van der Waals surface area contributed by atoms with Gasteiger partial charge < -0.3 is 14.5 Å². The molecule has 0 spiro atoms. The molecule has 1 aromatic heterocycles. The molecule has 174 valence electrons. The van der Waals surface area contributed by atoms with Gasteiger partial charge in [-0.3, -0.25) is 4.98 Å². The van der Waals surface area contributed by atoms with Gasteiger partial charge in [0.05, 0.1) is 24.9 Å². The van der Waals surface area contributed by atoms with Gasteiger partial charge >= 0.3 is 6.03 Å². The lowest BCUT2D eigenvalue weighted by atomic mass is 9.97. The van der Waals surface area contributed by atoms with Crippen molar-refractivity contribution in [3.63, 3.8) is 0 Å². The highest BCUT2D eigenvalue weighted by atomic mass is 35.5. The molecule has 0 N–H and O–H groups in total. The Morgan fingerprint density at radius 2 is 1.91 bits per heavy atom. The SMILES string of the molecule is CCN1CCN(Cc2ccc(Cc3ccc(OC)c(-c4cccc(Cl)c4)c3F)cn2)C1=O.Cl. The number of likely N-dealkylation sites (N-methyl/N-ethyl adjacent to an activating group) is 1. The van der Waals surface area contributed by atoms with Crippen LogP contribution in [0.3, 0.4) is 0 Å². The van der Waals surface area contributed by atoms with Gasteiger partial charge in [0.1, 0.15) is 11.6 Å². The molecule has 1 aliphatic rings. The van der Waals surface area contributed by atoms with Crippen LogP contribution in [0.4, 0.5) is 9.18 Å². The molecule has 2 heterocycles. The van der Waals surface area contributed by atoms with E-state index in [2.05, 4.69) is 4.98 Å². The first-order valence-electron chi connectivity index (χ1n) is 10.6. The first-order valence-corrected chi connectivity index (χ1v) is 11.0. The Balaban J connectivity index is 0.00000306. The van der Waals surface area contributed by atoms with Crippen LogP contribution >= 0.6 is 24.0 Å². The van der Waals surface area contributed by atoms with Gasteiger partial charge in [-0.05, 0) is 47.9 Å². The number of carbonyl (C=O) groups excluding carboxylic acids is 1. The Kier molecular flexibility index (Phi) is 8.16. The molecule has 1 saturated heterocycles. The number of carbonyl (C=O) groups is 1. The number of hydrogen-bond donors (Lipinski definition) is 0. The summed E-state index contributed by atoms with van der Waals surface area (Å²) in [5.41, 5.74) is 3.31. The number of benzene rings is 2. The number of methoxy groups -OCH3 is 1. The van der Waals surface area contributed by atoms with Crippen LogP contribution in [0.15, 0.2) is 54.7 Å². The summed E-state index contributed by atoms with van der Waals surface area (Å²) in [5, 5.41) is 0.535. The van der Waals surface area contributed by atoms with Crippen LogP contribution in [-0.2, 0) is 13.0 Å². The van der Waals surface area contributed by atoms with Crippen molar-refractivity contribution in [2.24, 2.45) is 0 Å². The van der Waals surface area contributed by atoms with E-state index in [1.807, 2.05) is 30.0 Å². The number of hydrogen-bond acceptors (Lipinski definition) is 3. The molecule has 3 aromatic rings. The van der Waals surface area contributed by atoms with Gasteiger partial charge in [-0.2, -0.15) is 0 Å². The Labute approximate surface area is 204 Å². The molecular weight excluding hydrogens is 464 g/mol. The number of ether oxygens (including phenoxy) is 1. The monoisotopic (exact) mass is 489 g/mol. The molecule has 0 radical (unpaired) electrons. The minimum atomic E-state index is -0.335. The number of nitrogens with zero attached hydrogens (tertiary/aromatic N) is 3. The lowest BCUT2D eigenvalue weighted by molar-refractivity contribution is 0.191. The van der Waals surface area contributed by atoms with Gasteiger partial charge in [-0.15, -0.1) is 12.4 Å². The summed E-state index contributed by atoms with van der Waals surface area (Å²) in [4.78, 5) is 20.4. The van der Waals surface area contributed by atoms with Crippen molar-refractivity contribution < 1.29 is 13.9 Å². The summed E-state index contributed by atoms with van der Waals surface area (Å²) < 4.78 is 20.9. The zero-order valence-corrected chi connectivity index (χ0v) is 20.1. The highest BCUT2D eigenvalue weighted by Crippen LogP contribution is 2.36. The van der Waals surface area contributed by atoms with Gasteiger partial charge in [-0.25, -0.2) is 9.18 Å². The van der Waals surface area contributed by atoms with E-state index in [9.17, 15) is 4.79 Å². The Hall–Kier alpha value is -2.83. The highest BCUT2D eigenvalue weighted by Gasteiger charge is 2.27. The highest BCUT2D eigenvalue weighted by molar-refractivity contribution is 6.30. The maximum Gasteiger partial charge on any atom is 0.320 e. The maximum absolute atomic E-state index is 15.5. The zero-order valence-electron chi connectivity index (χ0n) is 18.6. The largest absolute Gasteiger partial charge is 0.496 e. The van der Waals surface area contributed by atoms with E-state index in [0.29, 0.717) is 53.5 Å². The van der Waals surface area contributed by atoms with Crippen LogP contribution in [-0.4, -0.2) is 47.6 Å². The molecule has 5 nitrogen and oxygen atoms in total. The number of aromatic nitrogens is 1. The molecule has 0 saturated carbocycles. The van der Waals surface area contributed by atoms with Gasteiger partial charge in [0.25, 0.3) is 0 Å². The number of halogens is 3. The van der Waals surface area contributed by atoms with Crippen molar-refractivity contribution in [3.8, 4) is 16.9 Å². The van der Waals surface area contributed by atoms with Gasteiger partial charge in [0, 0.05) is 37.3 Å². The molecule has 2 aromatic carbocycles. The Morgan fingerprint density at radius 3 is 2.55 bits per heavy atom. The fraction of sp³-hybridized carbons (Fsp3) is 0.280. The van der Waals surface area contributed by atoms with E-state index in [0.717, 1.165) is 17.8 Å². The molecule has 8 heteroatoms. The third kappa shape index (κ3) is 5.40. The second kappa shape index (κ2) is 10.9. The Morgan fingerprint density at radius 1 is 1.12 bits per heavy atom. The van der Waals surface area contributed by atoms with E-state index in [4.69, 9.17) is 16.3 Å². The van der Waals surface area contributed by atoms with Crippen LogP contribution < -0.4 is 4.74 Å². The average Bonchev–Trinajstić information content (AvgIpc) is 3.15. The molecule has 0 unspecified atom stereocenters. The van der Waals surface area contributed by atoms with Crippen LogP contribution in [0, 0.1) is 5.82 Å². The second-order valence-electron chi connectivity index (χ2n) is 7.74. The van der Waals surface area contributed by atoms with Crippen LogP contribution in [0.5, 0.6) is 5.75 Å². The summed E-state index contributed by atoms with van der Waals surface area (Å²) in [6.07, 6.45) is 2.14. The van der Waals surface area contributed by atoms with Crippen molar-refractivity contribution in [3.05, 3.63) is 82.4 Å². The van der Waals surface area contributed by atoms with Crippen molar-refractivity contribution in [2.75, 3.05) is 26.7 Å². The summed E-state index contributed by atoms with van der Waals surface area (Å²) in [6, 6.07) is 14.5. The molecular formula is C25H26Cl2FN3O2. The third-order valence-corrected chi connectivity index (χ3v) is 5.95. The lowest BCUT2D eigenvalue weighted by Gasteiger charge is -2.17. The molecule has 33 heavy (non-hydrogen) atoms. The summed E-state index contributed by atoms with van der Waals surface area (Å²) in [5.74, 6) is 0.122. The van der Waals surface area contributed by atoms with E-state index >= 15 is 4.39 Å². The van der Waals surface area contributed by atoms with Gasteiger partial charge in [-0.1, -0.05) is 35.9 Å². The fourth-order valence-electron chi connectivity index (χ4n) is 3.96. The third-order valence-electron chi connectivity index (χ3n) is 5.71. The quantitative estimate of drug-likeness (QED) is 0.419. The average molecular weight is 490 g/mol. The van der Waals surface area contributed by atoms with Crippen molar-refractivity contribution >= 4 is 30.0 Å². The normalized spacial score (nSPS) is 13.3. The summed E-state index contributed by atoms with van der Waals surface area (Å²) in [6.45, 7) is 4.63.